The van der Waals surface area contributed by atoms with Crippen molar-refractivity contribution in [1.82, 2.24) is 0 Å². The predicted molar refractivity (Wildman–Crippen MR) is 107 cm³/mol. The molecule has 2 heterocycles. The van der Waals surface area contributed by atoms with E-state index in [2.05, 4.69) is 0 Å². The molecule has 32 heavy (non-hydrogen) atoms. The average Bonchev–Trinajstić information content (AvgIpc) is 2.76. The third kappa shape index (κ3) is 7.01. The molecule has 11 unspecified atom stereocenters. The third-order valence-corrected chi connectivity index (χ3v) is 5.77. The molecule has 2 fully saturated rings. The molecule has 0 aromatic heterocycles. The smallest absolute Gasteiger partial charge is 0.187 e. The quantitative estimate of drug-likeness (QED) is 0.151. The highest BCUT2D eigenvalue weighted by atomic mass is 16.8. The molecule has 0 aromatic carbocycles. The Bertz CT molecular complexity index is 535. The second-order valence-corrected chi connectivity index (χ2v) is 8.79. The molecule has 11 atom stereocenters. The van der Waals surface area contributed by atoms with Crippen molar-refractivity contribution in [2.45, 2.75) is 101 Å². The van der Waals surface area contributed by atoms with Crippen molar-refractivity contribution in [2.75, 3.05) is 19.8 Å². The van der Waals surface area contributed by atoms with Gasteiger partial charge in [0.2, 0.25) is 0 Å². The lowest BCUT2D eigenvalue weighted by Gasteiger charge is -2.46. The maximum atomic E-state index is 10.5. The molecule has 2 aliphatic heterocycles. The monoisotopic (exact) mass is 470 g/mol. The van der Waals surface area contributed by atoms with Gasteiger partial charge in [-0.2, -0.15) is 0 Å². The van der Waals surface area contributed by atoms with E-state index in [4.69, 9.17) is 18.9 Å². The van der Waals surface area contributed by atoms with Crippen molar-refractivity contribution in [3.8, 4) is 0 Å². The van der Waals surface area contributed by atoms with E-state index in [9.17, 15) is 40.9 Å². The molecule has 0 spiro atoms. The number of rotatable bonds is 11. The number of ether oxygens (including phenoxy) is 4. The Morgan fingerprint density at radius 3 is 1.84 bits per heavy atom. The Morgan fingerprint density at radius 1 is 0.719 bits per heavy atom. The zero-order valence-corrected chi connectivity index (χ0v) is 18.4. The van der Waals surface area contributed by atoms with Crippen LogP contribution in [0.5, 0.6) is 0 Å². The lowest BCUT2D eigenvalue weighted by molar-refractivity contribution is -0.367. The summed E-state index contributed by atoms with van der Waals surface area (Å²) in [7, 11) is 0. The summed E-state index contributed by atoms with van der Waals surface area (Å²) in [5.41, 5.74) is 0. The van der Waals surface area contributed by atoms with Crippen molar-refractivity contribution in [3.05, 3.63) is 0 Å². The minimum atomic E-state index is -1.73. The van der Waals surface area contributed by atoms with Gasteiger partial charge in [0.05, 0.1) is 25.9 Å². The van der Waals surface area contributed by atoms with Crippen LogP contribution < -0.4 is 0 Å². The van der Waals surface area contributed by atoms with Crippen LogP contribution >= 0.6 is 0 Å². The van der Waals surface area contributed by atoms with Gasteiger partial charge in [0.1, 0.15) is 48.8 Å². The van der Waals surface area contributed by atoms with Crippen molar-refractivity contribution >= 4 is 0 Å². The highest BCUT2D eigenvalue weighted by molar-refractivity contribution is 4.93. The molecule has 0 aliphatic carbocycles. The van der Waals surface area contributed by atoms with Crippen LogP contribution in [0.15, 0.2) is 0 Å². The number of hydrogen-bond donors (Lipinski definition) is 8. The molecule has 190 valence electrons. The molecule has 2 aliphatic rings. The van der Waals surface area contributed by atoms with Crippen LogP contribution in [0.25, 0.3) is 0 Å². The molecular weight excluding hydrogens is 432 g/mol. The number of aliphatic hydroxyl groups excluding tert-OH is 8. The molecule has 0 bridgehead atoms. The number of aliphatic hydroxyl groups is 8. The second kappa shape index (κ2) is 12.8. The standard InChI is InChI=1S/C20H38O12/c1-9(2)3-4-10(23)5-6-29-20-18(16(27)14(25)12(8-22)31-20)32-19-17(28)15(26)13(24)11(7-21)30-19/h9-28H,3-8H2,1-2H3. The van der Waals surface area contributed by atoms with Crippen molar-refractivity contribution in [1.29, 1.82) is 0 Å². The average molecular weight is 471 g/mol. The van der Waals surface area contributed by atoms with Crippen molar-refractivity contribution in [3.63, 3.8) is 0 Å². The summed E-state index contributed by atoms with van der Waals surface area (Å²) in [5.74, 6) is 0.436. The minimum Gasteiger partial charge on any atom is -0.394 e. The van der Waals surface area contributed by atoms with E-state index in [1.807, 2.05) is 13.8 Å². The topological polar surface area (TPSA) is 199 Å². The van der Waals surface area contributed by atoms with Crippen LogP contribution in [-0.4, -0.2) is 128 Å². The van der Waals surface area contributed by atoms with Gasteiger partial charge in [0.15, 0.2) is 12.6 Å². The first-order valence-corrected chi connectivity index (χ1v) is 11.0. The van der Waals surface area contributed by atoms with Gasteiger partial charge in [-0.05, 0) is 25.2 Å². The maximum Gasteiger partial charge on any atom is 0.187 e. The van der Waals surface area contributed by atoms with E-state index in [1.54, 1.807) is 0 Å². The summed E-state index contributed by atoms with van der Waals surface area (Å²) in [4.78, 5) is 0. The Hall–Kier alpha value is -0.480. The molecule has 12 heteroatoms. The largest absolute Gasteiger partial charge is 0.394 e. The van der Waals surface area contributed by atoms with Gasteiger partial charge in [-0.1, -0.05) is 13.8 Å². The van der Waals surface area contributed by atoms with Gasteiger partial charge in [-0.3, -0.25) is 0 Å². The minimum absolute atomic E-state index is 0.0133. The fourth-order valence-corrected chi connectivity index (χ4v) is 3.66. The third-order valence-electron chi connectivity index (χ3n) is 5.77. The van der Waals surface area contributed by atoms with Gasteiger partial charge >= 0.3 is 0 Å². The predicted octanol–water partition coefficient (Wildman–Crippen LogP) is -3.19. The fraction of sp³-hybridized carbons (Fsp3) is 1.00. The Morgan fingerprint density at radius 2 is 1.28 bits per heavy atom. The summed E-state index contributed by atoms with van der Waals surface area (Å²) in [6, 6.07) is 0. The van der Waals surface area contributed by atoms with Crippen LogP contribution in [0.1, 0.15) is 33.1 Å². The molecular formula is C20H38O12. The van der Waals surface area contributed by atoms with E-state index in [0.29, 0.717) is 12.3 Å². The summed E-state index contributed by atoms with van der Waals surface area (Å²) >= 11 is 0. The first-order valence-electron chi connectivity index (χ1n) is 11.0. The Labute approximate surface area is 186 Å². The van der Waals surface area contributed by atoms with Crippen LogP contribution in [0.4, 0.5) is 0 Å². The van der Waals surface area contributed by atoms with E-state index in [-0.39, 0.29) is 13.0 Å². The van der Waals surface area contributed by atoms with Crippen molar-refractivity contribution in [2.24, 2.45) is 5.92 Å². The van der Waals surface area contributed by atoms with Crippen LogP contribution in [0, 0.1) is 5.92 Å². The van der Waals surface area contributed by atoms with E-state index in [1.165, 1.54) is 0 Å². The van der Waals surface area contributed by atoms with E-state index in [0.717, 1.165) is 6.42 Å². The normalized spacial score (nSPS) is 41.7. The van der Waals surface area contributed by atoms with Crippen LogP contribution in [0.3, 0.4) is 0 Å². The molecule has 0 amide bonds. The first kappa shape index (κ1) is 27.8. The van der Waals surface area contributed by atoms with Gasteiger partial charge in [0.25, 0.3) is 0 Å². The molecule has 0 saturated carbocycles. The zero-order chi connectivity index (χ0) is 24.0. The molecule has 8 N–H and O–H groups in total. The molecule has 0 aromatic rings. The van der Waals surface area contributed by atoms with Gasteiger partial charge in [-0.25, -0.2) is 0 Å². The first-order chi connectivity index (χ1) is 15.1. The van der Waals surface area contributed by atoms with Gasteiger partial charge in [-0.15, -0.1) is 0 Å². The summed E-state index contributed by atoms with van der Waals surface area (Å²) in [6.45, 7) is 2.82. The zero-order valence-electron chi connectivity index (χ0n) is 18.4. The molecule has 2 rings (SSSR count). The highest BCUT2D eigenvalue weighted by Crippen LogP contribution is 2.29. The van der Waals surface area contributed by atoms with Crippen LogP contribution in [0.2, 0.25) is 0 Å². The fourth-order valence-electron chi connectivity index (χ4n) is 3.66. The highest BCUT2D eigenvalue weighted by Gasteiger charge is 2.50. The summed E-state index contributed by atoms with van der Waals surface area (Å²) < 4.78 is 22.0. The van der Waals surface area contributed by atoms with E-state index < -0.39 is 80.7 Å². The van der Waals surface area contributed by atoms with Crippen molar-refractivity contribution < 1.29 is 59.8 Å². The van der Waals surface area contributed by atoms with Crippen LogP contribution in [-0.2, 0) is 18.9 Å². The Kier molecular flexibility index (Phi) is 11.1. The maximum absolute atomic E-state index is 10.5. The molecule has 2 saturated heterocycles. The second-order valence-electron chi connectivity index (χ2n) is 8.79. The lowest BCUT2D eigenvalue weighted by atomic mass is 9.97. The molecule has 0 radical (unpaired) electrons. The summed E-state index contributed by atoms with van der Waals surface area (Å²) in [6.07, 6.45) is -13.8. The van der Waals surface area contributed by atoms with E-state index >= 15 is 0 Å². The van der Waals surface area contributed by atoms with Gasteiger partial charge < -0.3 is 59.8 Å². The van der Waals surface area contributed by atoms with Gasteiger partial charge in [0, 0.05) is 0 Å². The summed E-state index contributed by atoms with van der Waals surface area (Å²) in [5, 5.41) is 79.6. The molecule has 12 nitrogen and oxygen atoms in total. The number of hydrogen-bond acceptors (Lipinski definition) is 12. The SMILES string of the molecule is CC(C)CCC(O)CCOC1OC(CO)C(O)C(O)C1OC1OC(CO)C(O)C(O)C1O. The Balaban J connectivity index is 2.05. The lowest BCUT2D eigenvalue weighted by Crippen LogP contribution is -2.64.